The summed E-state index contributed by atoms with van der Waals surface area (Å²) >= 11 is 6.93. The van der Waals surface area contributed by atoms with E-state index in [4.69, 9.17) is 18.0 Å². The predicted octanol–water partition coefficient (Wildman–Crippen LogP) is 2.53. The third-order valence-corrected chi connectivity index (χ3v) is 5.48. The molecule has 1 aliphatic carbocycles. The van der Waals surface area contributed by atoms with Crippen LogP contribution in [-0.2, 0) is 11.2 Å². The van der Waals surface area contributed by atoms with Crippen LogP contribution in [0.25, 0.3) is 0 Å². The SMILES string of the molecule is CSC1CCCC1NC(=O)C(Cc1ccccc1)C(N)=S. The van der Waals surface area contributed by atoms with Crippen LogP contribution in [0.1, 0.15) is 24.8 Å². The summed E-state index contributed by atoms with van der Waals surface area (Å²) in [6, 6.07) is 10.1. The topological polar surface area (TPSA) is 55.1 Å². The number of thioether (sulfide) groups is 1. The van der Waals surface area contributed by atoms with E-state index in [9.17, 15) is 4.79 Å². The molecular formula is C16H22N2OS2. The van der Waals surface area contributed by atoms with E-state index in [1.807, 2.05) is 42.1 Å². The van der Waals surface area contributed by atoms with Crippen molar-refractivity contribution in [3.05, 3.63) is 35.9 Å². The Morgan fingerprint density at radius 1 is 1.43 bits per heavy atom. The van der Waals surface area contributed by atoms with Gasteiger partial charge in [0.15, 0.2) is 0 Å². The number of carbonyl (C=O) groups excluding carboxylic acids is 1. The van der Waals surface area contributed by atoms with Crippen LogP contribution in [0.5, 0.6) is 0 Å². The highest BCUT2D eigenvalue weighted by molar-refractivity contribution is 7.99. The Bertz CT molecular complexity index is 492. The third kappa shape index (κ3) is 4.45. The molecule has 1 fully saturated rings. The minimum absolute atomic E-state index is 0.0303. The molecule has 21 heavy (non-hydrogen) atoms. The number of nitrogens with one attached hydrogen (secondary N) is 1. The minimum Gasteiger partial charge on any atom is -0.393 e. The van der Waals surface area contributed by atoms with E-state index in [0.29, 0.717) is 11.7 Å². The molecule has 114 valence electrons. The maximum absolute atomic E-state index is 12.5. The molecule has 2 rings (SSSR count). The summed E-state index contributed by atoms with van der Waals surface area (Å²) in [6.45, 7) is 0. The van der Waals surface area contributed by atoms with Gasteiger partial charge in [-0.15, -0.1) is 0 Å². The van der Waals surface area contributed by atoms with E-state index < -0.39 is 5.92 Å². The predicted molar refractivity (Wildman–Crippen MR) is 93.5 cm³/mol. The van der Waals surface area contributed by atoms with Crippen LogP contribution in [0, 0.1) is 5.92 Å². The molecule has 1 aliphatic rings. The normalized spacial score (nSPS) is 22.7. The summed E-state index contributed by atoms with van der Waals surface area (Å²) in [7, 11) is 0. The average Bonchev–Trinajstić information content (AvgIpc) is 2.92. The fourth-order valence-corrected chi connectivity index (χ4v) is 3.95. The number of carbonyl (C=O) groups is 1. The van der Waals surface area contributed by atoms with Crippen LogP contribution >= 0.6 is 24.0 Å². The summed E-state index contributed by atoms with van der Waals surface area (Å²) < 4.78 is 0. The van der Waals surface area contributed by atoms with Crippen LogP contribution in [-0.4, -0.2) is 28.4 Å². The van der Waals surface area contributed by atoms with Gasteiger partial charge >= 0.3 is 0 Å². The molecule has 1 amide bonds. The van der Waals surface area contributed by atoms with Crippen molar-refractivity contribution in [2.75, 3.05) is 6.26 Å². The van der Waals surface area contributed by atoms with Crippen LogP contribution in [0.4, 0.5) is 0 Å². The number of nitrogens with two attached hydrogens (primary N) is 1. The van der Waals surface area contributed by atoms with Gasteiger partial charge in [-0.2, -0.15) is 11.8 Å². The molecular weight excluding hydrogens is 300 g/mol. The lowest BCUT2D eigenvalue weighted by molar-refractivity contribution is -0.123. The zero-order valence-electron chi connectivity index (χ0n) is 12.2. The fraction of sp³-hybridized carbons (Fsp3) is 0.500. The molecule has 0 aliphatic heterocycles. The molecule has 0 spiro atoms. The highest BCUT2D eigenvalue weighted by atomic mass is 32.2. The van der Waals surface area contributed by atoms with E-state index in [1.54, 1.807) is 0 Å². The Hall–Kier alpha value is -1.07. The van der Waals surface area contributed by atoms with Gasteiger partial charge in [-0.3, -0.25) is 4.79 Å². The summed E-state index contributed by atoms with van der Waals surface area (Å²) in [5, 5.41) is 3.67. The van der Waals surface area contributed by atoms with E-state index in [0.717, 1.165) is 12.0 Å². The first-order valence-electron chi connectivity index (χ1n) is 7.28. The number of hydrogen-bond donors (Lipinski definition) is 2. The van der Waals surface area contributed by atoms with Crippen molar-refractivity contribution >= 4 is 34.9 Å². The molecule has 0 radical (unpaired) electrons. The zero-order chi connectivity index (χ0) is 15.2. The highest BCUT2D eigenvalue weighted by Gasteiger charge is 2.31. The second kappa shape index (κ2) is 7.80. The zero-order valence-corrected chi connectivity index (χ0v) is 13.9. The summed E-state index contributed by atoms with van der Waals surface area (Å²) in [6.07, 6.45) is 6.06. The van der Waals surface area contributed by atoms with Crippen LogP contribution in [0.3, 0.4) is 0 Å². The van der Waals surface area contributed by atoms with E-state index in [1.165, 1.54) is 12.8 Å². The first kappa shape index (κ1) is 16.3. The number of amides is 1. The Morgan fingerprint density at radius 3 is 2.76 bits per heavy atom. The van der Waals surface area contributed by atoms with Gasteiger partial charge in [-0.25, -0.2) is 0 Å². The maximum atomic E-state index is 12.5. The largest absolute Gasteiger partial charge is 0.393 e. The standard InChI is InChI=1S/C16H22N2OS2/c1-21-14-9-5-8-13(14)18-16(19)12(15(17)20)10-11-6-3-2-4-7-11/h2-4,6-7,12-14H,5,8-10H2,1H3,(H2,17,20)(H,18,19). The summed E-state index contributed by atoms with van der Waals surface area (Å²) in [4.78, 5) is 12.8. The molecule has 3 nitrogen and oxygen atoms in total. The van der Waals surface area contributed by atoms with Crippen LogP contribution in [0.2, 0.25) is 0 Å². The number of benzene rings is 1. The monoisotopic (exact) mass is 322 g/mol. The number of thiocarbonyl (C=S) groups is 1. The van der Waals surface area contributed by atoms with Gasteiger partial charge in [0.2, 0.25) is 5.91 Å². The van der Waals surface area contributed by atoms with Gasteiger partial charge in [-0.05, 0) is 31.1 Å². The summed E-state index contributed by atoms with van der Waals surface area (Å²) in [5.74, 6) is -0.456. The van der Waals surface area contributed by atoms with E-state index in [2.05, 4.69) is 11.6 Å². The second-order valence-corrected chi connectivity index (χ2v) is 7.01. The molecule has 3 unspecified atom stereocenters. The molecule has 0 heterocycles. The van der Waals surface area contributed by atoms with Crippen LogP contribution in [0.15, 0.2) is 30.3 Å². The Kier molecular flexibility index (Phi) is 6.06. The molecule has 3 atom stereocenters. The molecule has 1 aromatic carbocycles. The van der Waals surface area contributed by atoms with Gasteiger partial charge in [0.05, 0.1) is 10.9 Å². The lowest BCUT2D eigenvalue weighted by Crippen LogP contribution is -2.45. The highest BCUT2D eigenvalue weighted by Crippen LogP contribution is 2.28. The van der Waals surface area contributed by atoms with Crippen molar-refractivity contribution < 1.29 is 4.79 Å². The van der Waals surface area contributed by atoms with Crippen LogP contribution < -0.4 is 11.1 Å². The molecule has 1 aromatic rings. The van der Waals surface area contributed by atoms with Gasteiger partial charge in [0, 0.05) is 11.3 Å². The molecule has 0 aromatic heterocycles. The number of rotatable bonds is 6. The summed E-state index contributed by atoms with van der Waals surface area (Å²) in [5.41, 5.74) is 6.87. The Labute approximate surface area is 136 Å². The van der Waals surface area contributed by atoms with Crippen molar-refractivity contribution in [2.45, 2.75) is 37.0 Å². The molecule has 5 heteroatoms. The van der Waals surface area contributed by atoms with Crippen molar-refractivity contribution in [2.24, 2.45) is 11.7 Å². The smallest absolute Gasteiger partial charge is 0.230 e. The lowest BCUT2D eigenvalue weighted by atomic mass is 9.98. The third-order valence-electron chi connectivity index (χ3n) is 4.03. The van der Waals surface area contributed by atoms with E-state index >= 15 is 0 Å². The second-order valence-electron chi connectivity index (χ2n) is 5.46. The lowest BCUT2D eigenvalue weighted by Gasteiger charge is -2.23. The first-order valence-corrected chi connectivity index (χ1v) is 8.98. The first-order chi connectivity index (χ1) is 10.1. The van der Waals surface area contributed by atoms with Crippen molar-refractivity contribution in [1.82, 2.24) is 5.32 Å². The molecule has 0 bridgehead atoms. The van der Waals surface area contributed by atoms with Crippen molar-refractivity contribution in [1.29, 1.82) is 0 Å². The molecule has 3 N–H and O–H groups in total. The van der Waals surface area contributed by atoms with Crippen molar-refractivity contribution in [3.8, 4) is 0 Å². The van der Waals surface area contributed by atoms with E-state index in [-0.39, 0.29) is 16.9 Å². The Balaban J connectivity index is 2.01. The Morgan fingerprint density at radius 2 is 2.14 bits per heavy atom. The number of hydrogen-bond acceptors (Lipinski definition) is 3. The van der Waals surface area contributed by atoms with Gasteiger partial charge in [-0.1, -0.05) is 49.0 Å². The van der Waals surface area contributed by atoms with Gasteiger partial charge < -0.3 is 11.1 Å². The fourth-order valence-electron chi connectivity index (χ4n) is 2.83. The average molecular weight is 322 g/mol. The quantitative estimate of drug-likeness (QED) is 0.790. The van der Waals surface area contributed by atoms with Gasteiger partial charge in [0.25, 0.3) is 0 Å². The minimum atomic E-state index is -0.425. The molecule has 1 saturated carbocycles. The van der Waals surface area contributed by atoms with Crippen molar-refractivity contribution in [3.63, 3.8) is 0 Å². The maximum Gasteiger partial charge on any atom is 0.230 e. The van der Waals surface area contributed by atoms with Gasteiger partial charge in [0.1, 0.15) is 0 Å². The molecule has 0 saturated heterocycles.